The summed E-state index contributed by atoms with van der Waals surface area (Å²) in [4.78, 5) is 2.72. The fourth-order valence-electron chi connectivity index (χ4n) is 6.51. The van der Waals surface area contributed by atoms with Crippen molar-refractivity contribution in [1.82, 2.24) is 9.47 Å². The molecule has 30 heavy (non-hydrogen) atoms. The van der Waals surface area contributed by atoms with E-state index in [2.05, 4.69) is 97.0 Å². The van der Waals surface area contributed by atoms with E-state index in [-0.39, 0.29) is 0 Å². The van der Waals surface area contributed by atoms with Crippen LogP contribution in [0.4, 0.5) is 0 Å². The second kappa shape index (κ2) is 6.46. The average Bonchev–Trinajstić information content (AvgIpc) is 3.07. The zero-order valence-corrected chi connectivity index (χ0v) is 18.2. The van der Waals surface area contributed by atoms with Crippen molar-refractivity contribution in [2.24, 2.45) is 5.41 Å². The molecule has 7 rings (SSSR count). The maximum Gasteiger partial charge on any atom is 0.0543 e. The van der Waals surface area contributed by atoms with E-state index in [1.165, 1.54) is 59.0 Å². The number of aryl methyl sites for hydroxylation is 1. The first-order valence-corrected chi connectivity index (χ1v) is 11.4. The molecule has 4 aromatic rings. The van der Waals surface area contributed by atoms with E-state index < -0.39 is 0 Å². The van der Waals surface area contributed by atoms with Gasteiger partial charge < -0.3 is 4.57 Å². The molecule has 3 aliphatic rings. The highest BCUT2D eigenvalue weighted by Crippen LogP contribution is 2.53. The molecule has 2 heteroatoms. The zero-order chi connectivity index (χ0) is 20.5. The number of benzene rings is 3. The zero-order valence-electron chi connectivity index (χ0n) is 18.2. The Morgan fingerprint density at radius 1 is 0.833 bits per heavy atom. The summed E-state index contributed by atoms with van der Waals surface area (Å²) in [5, 5.41) is 2.75. The van der Waals surface area contributed by atoms with E-state index >= 15 is 0 Å². The molecular formula is C28H30N2. The van der Waals surface area contributed by atoms with E-state index in [0.29, 0.717) is 17.4 Å². The van der Waals surface area contributed by atoms with E-state index in [1.54, 1.807) is 5.56 Å². The van der Waals surface area contributed by atoms with Crippen molar-refractivity contribution in [3.63, 3.8) is 0 Å². The summed E-state index contributed by atoms with van der Waals surface area (Å²) >= 11 is 0. The van der Waals surface area contributed by atoms with Gasteiger partial charge >= 0.3 is 0 Å². The minimum atomic E-state index is 0.421. The molecule has 4 heterocycles. The predicted octanol–water partition coefficient (Wildman–Crippen LogP) is 6.68. The Bertz CT molecular complexity index is 1240. The van der Waals surface area contributed by atoms with Crippen molar-refractivity contribution in [2.45, 2.75) is 45.6 Å². The smallest absolute Gasteiger partial charge is 0.0543 e. The van der Waals surface area contributed by atoms with Gasteiger partial charge in [0.25, 0.3) is 0 Å². The molecule has 1 unspecified atom stereocenters. The number of hydrogen-bond acceptors (Lipinski definition) is 1. The van der Waals surface area contributed by atoms with Crippen LogP contribution in [0.1, 0.15) is 43.7 Å². The third kappa shape index (κ3) is 2.46. The molecule has 0 aliphatic carbocycles. The molecule has 3 aromatic carbocycles. The van der Waals surface area contributed by atoms with Crippen LogP contribution in [-0.2, 0) is 0 Å². The standard InChI is InChI=1S/C28H30N2/c1-19-17-26-24(18-23(19)27-20(2)29-15-13-28(27,3)14-16-29)22-11-7-8-12-25(22)30(26)21-9-5-4-6-10-21/h4-12,17-18,20,27H,13-16H2,1-3H3/t20-,27?/m1/s1. The van der Waals surface area contributed by atoms with Crippen molar-refractivity contribution in [3.05, 3.63) is 77.9 Å². The number of aromatic nitrogens is 1. The second-order valence-corrected chi connectivity index (χ2v) is 9.82. The molecule has 3 fully saturated rings. The highest BCUT2D eigenvalue weighted by molar-refractivity contribution is 6.09. The van der Waals surface area contributed by atoms with E-state index in [1.807, 2.05) is 0 Å². The number of hydrogen-bond donors (Lipinski definition) is 0. The van der Waals surface area contributed by atoms with E-state index in [4.69, 9.17) is 0 Å². The van der Waals surface area contributed by atoms with Crippen LogP contribution in [0.15, 0.2) is 66.7 Å². The van der Waals surface area contributed by atoms with Gasteiger partial charge in [-0.05, 0) is 86.7 Å². The number of piperidine rings is 3. The van der Waals surface area contributed by atoms with Crippen molar-refractivity contribution < 1.29 is 0 Å². The lowest BCUT2D eigenvalue weighted by molar-refractivity contribution is -0.0269. The molecule has 2 bridgehead atoms. The van der Waals surface area contributed by atoms with Crippen LogP contribution < -0.4 is 0 Å². The number of para-hydroxylation sites is 2. The SMILES string of the molecule is Cc1cc2c(cc1C1[C@@H](C)N3CCC1(C)CC3)c1ccccc1n2-c1ccccc1. The summed E-state index contributed by atoms with van der Waals surface area (Å²) < 4.78 is 2.43. The Hall–Kier alpha value is -2.58. The first-order valence-electron chi connectivity index (χ1n) is 11.4. The van der Waals surface area contributed by atoms with Crippen LogP contribution in [0.2, 0.25) is 0 Å². The summed E-state index contributed by atoms with van der Waals surface area (Å²) in [5.74, 6) is 0.614. The third-order valence-electron chi connectivity index (χ3n) is 8.16. The lowest BCUT2D eigenvalue weighted by Gasteiger charge is -2.56. The summed E-state index contributed by atoms with van der Waals surface area (Å²) in [7, 11) is 0. The molecule has 1 aromatic heterocycles. The minimum absolute atomic E-state index is 0.421. The fraction of sp³-hybridized carbons (Fsp3) is 0.357. The van der Waals surface area contributed by atoms with Gasteiger partial charge in [-0.25, -0.2) is 0 Å². The van der Waals surface area contributed by atoms with Crippen LogP contribution in [-0.4, -0.2) is 28.6 Å². The van der Waals surface area contributed by atoms with Gasteiger partial charge in [0.1, 0.15) is 0 Å². The first kappa shape index (κ1) is 18.2. The Labute approximate surface area is 179 Å². The third-order valence-corrected chi connectivity index (χ3v) is 8.16. The maximum absolute atomic E-state index is 2.72. The van der Waals surface area contributed by atoms with Crippen LogP contribution in [0.3, 0.4) is 0 Å². The van der Waals surface area contributed by atoms with Gasteiger partial charge in [-0.2, -0.15) is 0 Å². The Balaban J connectivity index is 1.63. The topological polar surface area (TPSA) is 8.17 Å². The normalized spacial score (nSPS) is 28.4. The van der Waals surface area contributed by atoms with Crippen LogP contribution in [0.25, 0.3) is 27.5 Å². The largest absolute Gasteiger partial charge is 0.309 e. The van der Waals surface area contributed by atoms with Gasteiger partial charge in [-0.15, -0.1) is 0 Å². The quantitative estimate of drug-likeness (QED) is 0.368. The summed E-state index contributed by atoms with van der Waals surface area (Å²) in [6, 6.07) is 25.3. The predicted molar refractivity (Wildman–Crippen MR) is 127 cm³/mol. The molecule has 0 saturated carbocycles. The first-order chi connectivity index (χ1) is 14.6. The van der Waals surface area contributed by atoms with Gasteiger partial charge in [0.2, 0.25) is 0 Å². The lowest BCUT2D eigenvalue weighted by atomic mass is 9.60. The highest BCUT2D eigenvalue weighted by atomic mass is 15.2. The minimum Gasteiger partial charge on any atom is -0.309 e. The van der Waals surface area contributed by atoms with Gasteiger partial charge in [-0.3, -0.25) is 4.90 Å². The molecule has 152 valence electrons. The Kier molecular flexibility index (Phi) is 3.92. The van der Waals surface area contributed by atoms with Gasteiger partial charge in [0, 0.05) is 28.4 Å². The van der Waals surface area contributed by atoms with Crippen molar-refractivity contribution in [2.75, 3.05) is 13.1 Å². The number of rotatable bonds is 2. The maximum atomic E-state index is 2.72. The van der Waals surface area contributed by atoms with Gasteiger partial charge in [-0.1, -0.05) is 43.3 Å². The molecule has 0 spiro atoms. The van der Waals surface area contributed by atoms with Crippen LogP contribution in [0, 0.1) is 12.3 Å². The fourth-order valence-corrected chi connectivity index (χ4v) is 6.51. The van der Waals surface area contributed by atoms with E-state index in [0.717, 1.165) is 0 Å². The molecule has 0 radical (unpaired) electrons. The summed E-state index contributed by atoms with van der Waals surface area (Å²) in [6.07, 6.45) is 2.65. The lowest BCUT2D eigenvalue weighted by Crippen LogP contribution is -2.57. The Morgan fingerprint density at radius 3 is 2.27 bits per heavy atom. The van der Waals surface area contributed by atoms with Crippen molar-refractivity contribution in [1.29, 1.82) is 0 Å². The monoisotopic (exact) mass is 394 g/mol. The number of fused-ring (bicyclic) bond motifs is 6. The van der Waals surface area contributed by atoms with Crippen molar-refractivity contribution >= 4 is 21.8 Å². The van der Waals surface area contributed by atoms with Gasteiger partial charge in [0.15, 0.2) is 0 Å². The molecule has 3 saturated heterocycles. The average molecular weight is 395 g/mol. The molecule has 0 amide bonds. The van der Waals surface area contributed by atoms with Gasteiger partial charge in [0.05, 0.1) is 11.0 Å². The summed E-state index contributed by atoms with van der Waals surface area (Å²) in [6.45, 7) is 9.86. The molecule has 2 nitrogen and oxygen atoms in total. The molecule has 3 aliphatic heterocycles. The summed E-state index contributed by atoms with van der Waals surface area (Å²) in [5.41, 5.74) is 7.28. The van der Waals surface area contributed by atoms with Crippen LogP contribution in [0.5, 0.6) is 0 Å². The molecule has 2 atom stereocenters. The van der Waals surface area contributed by atoms with Crippen LogP contribution >= 0.6 is 0 Å². The highest BCUT2D eigenvalue weighted by Gasteiger charge is 2.48. The second-order valence-electron chi connectivity index (χ2n) is 9.82. The molecular weight excluding hydrogens is 364 g/mol. The molecule has 0 N–H and O–H groups in total. The number of nitrogens with zero attached hydrogens (tertiary/aromatic N) is 2. The van der Waals surface area contributed by atoms with E-state index in [9.17, 15) is 0 Å². The Morgan fingerprint density at radius 2 is 1.53 bits per heavy atom. The van der Waals surface area contributed by atoms with Crippen molar-refractivity contribution in [3.8, 4) is 5.69 Å².